The van der Waals surface area contributed by atoms with Crippen LogP contribution in [0.4, 0.5) is 0 Å². The van der Waals surface area contributed by atoms with Crippen molar-refractivity contribution in [2.24, 2.45) is 5.73 Å². The Morgan fingerprint density at radius 3 is 2.29 bits per heavy atom. The van der Waals surface area contributed by atoms with Crippen LogP contribution in [-0.2, 0) is 4.79 Å². The van der Waals surface area contributed by atoms with Crippen LogP contribution in [0.3, 0.4) is 0 Å². The van der Waals surface area contributed by atoms with Crippen molar-refractivity contribution in [3.05, 3.63) is 0 Å². The first-order valence-electron chi connectivity index (χ1n) is 5.25. The van der Waals surface area contributed by atoms with Crippen LogP contribution >= 0.6 is 0 Å². The van der Waals surface area contributed by atoms with Crippen molar-refractivity contribution in [1.82, 2.24) is 5.32 Å². The molecule has 0 heterocycles. The van der Waals surface area contributed by atoms with E-state index in [1.165, 1.54) is 0 Å². The molecule has 84 valence electrons. The second-order valence-electron chi connectivity index (χ2n) is 3.64. The minimum Gasteiger partial charge on any atom is -0.391 e. The molecule has 0 fully saturated rings. The van der Waals surface area contributed by atoms with E-state index in [2.05, 4.69) is 5.32 Å². The first kappa shape index (κ1) is 13.4. The molecule has 0 rings (SSSR count). The molecule has 14 heavy (non-hydrogen) atoms. The van der Waals surface area contributed by atoms with Gasteiger partial charge in [-0.2, -0.15) is 0 Å². The van der Waals surface area contributed by atoms with Gasteiger partial charge in [0, 0.05) is 6.54 Å². The van der Waals surface area contributed by atoms with Gasteiger partial charge in [-0.1, -0.05) is 20.8 Å². The van der Waals surface area contributed by atoms with Gasteiger partial charge in [0.25, 0.3) is 0 Å². The largest absolute Gasteiger partial charge is 0.391 e. The SMILES string of the molecule is CCC(O)CNC(=O)C(N)(CC)CC. The molecule has 1 amide bonds. The highest BCUT2D eigenvalue weighted by Gasteiger charge is 2.29. The molecule has 0 bridgehead atoms. The second-order valence-corrected chi connectivity index (χ2v) is 3.64. The van der Waals surface area contributed by atoms with E-state index in [0.717, 1.165) is 0 Å². The van der Waals surface area contributed by atoms with E-state index in [-0.39, 0.29) is 12.5 Å². The van der Waals surface area contributed by atoms with Crippen molar-refractivity contribution in [3.63, 3.8) is 0 Å². The molecule has 0 saturated carbocycles. The van der Waals surface area contributed by atoms with E-state index in [1.54, 1.807) is 0 Å². The number of hydrogen-bond acceptors (Lipinski definition) is 3. The average molecular weight is 202 g/mol. The van der Waals surface area contributed by atoms with Crippen molar-refractivity contribution in [2.75, 3.05) is 6.54 Å². The summed E-state index contributed by atoms with van der Waals surface area (Å²) in [5.74, 6) is -0.171. The number of nitrogens with two attached hydrogens (primary N) is 1. The number of carbonyl (C=O) groups is 1. The highest BCUT2D eigenvalue weighted by molar-refractivity contribution is 5.85. The Labute approximate surface area is 85.9 Å². The molecule has 4 N–H and O–H groups in total. The Kier molecular flexibility index (Phi) is 5.72. The number of amides is 1. The Balaban J connectivity index is 4.06. The van der Waals surface area contributed by atoms with Crippen LogP contribution in [0.1, 0.15) is 40.0 Å². The van der Waals surface area contributed by atoms with Crippen LogP contribution in [0.5, 0.6) is 0 Å². The Morgan fingerprint density at radius 2 is 1.93 bits per heavy atom. The monoisotopic (exact) mass is 202 g/mol. The third-order valence-electron chi connectivity index (χ3n) is 2.68. The van der Waals surface area contributed by atoms with Gasteiger partial charge in [-0.05, 0) is 19.3 Å². The molecule has 1 atom stereocenters. The lowest BCUT2D eigenvalue weighted by atomic mass is 9.93. The summed E-state index contributed by atoms with van der Waals surface area (Å²) in [6.07, 6.45) is 1.38. The summed E-state index contributed by atoms with van der Waals surface area (Å²) in [4.78, 5) is 11.6. The van der Waals surface area contributed by atoms with Crippen LogP contribution in [-0.4, -0.2) is 29.2 Å². The molecular weight excluding hydrogens is 180 g/mol. The number of rotatable bonds is 6. The molecule has 0 aromatic carbocycles. The van der Waals surface area contributed by atoms with Crippen molar-refractivity contribution < 1.29 is 9.90 Å². The zero-order valence-electron chi connectivity index (χ0n) is 9.34. The Hall–Kier alpha value is -0.610. The summed E-state index contributed by atoms with van der Waals surface area (Å²) >= 11 is 0. The summed E-state index contributed by atoms with van der Waals surface area (Å²) in [5, 5.41) is 11.9. The molecule has 1 unspecified atom stereocenters. The molecule has 0 saturated heterocycles. The molecule has 0 aromatic heterocycles. The lowest BCUT2D eigenvalue weighted by molar-refractivity contribution is -0.127. The number of carbonyl (C=O) groups excluding carboxylic acids is 1. The third-order valence-corrected chi connectivity index (χ3v) is 2.68. The van der Waals surface area contributed by atoms with E-state index < -0.39 is 11.6 Å². The lowest BCUT2D eigenvalue weighted by Gasteiger charge is -2.25. The maximum Gasteiger partial charge on any atom is 0.240 e. The average Bonchev–Trinajstić information content (AvgIpc) is 2.23. The highest BCUT2D eigenvalue weighted by atomic mass is 16.3. The summed E-state index contributed by atoms with van der Waals surface area (Å²) in [7, 11) is 0. The molecule has 0 aromatic rings. The van der Waals surface area contributed by atoms with Gasteiger partial charge in [0.05, 0.1) is 11.6 Å². The van der Waals surface area contributed by atoms with Crippen LogP contribution < -0.4 is 11.1 Å². The van der Waals surface area contributed by atoms with Gasteiger partial charge >= 0.3 is 0 Å². The van der Waals surface area contributed by atoms with Crippen molar-refractivity contribution in [3.8, 4) is 0 Å². The van der Waals surface area contributed by atoms with Crippen LogP contribution in [0.2, 0.25) is 0 Å². The normalized spacial score (nSPS) is 13.8. The van der Waals surface area contributed by atoms with E-state index >= 15 is 0 Å². The Bertz CT molecular complexity index is 179. The van der Waals surface area contributed by atoms with Crippen molar-refractivity contribution >= 4 is 5.91 Å². The van der Waals surface area contributed by atoms with Crippen molar-refractivity contribution in [1.29, 1.82) is 0 Å². The second kappa shape index (κ2) is 5.98. The van der Waals surface area contributed by atoms with Crippen LogP contribution in [0.15, 0.2) is 0 Å². The van der Waals surface area contributed by atoms with Crippen molar-refractivity contribution in [2.45, 2.75) is 51.7 Å². The van der Waals surface area contributed by atoms with Gasteiger partial charge in [0.15, 0.2) is 0 Å². The first-order valence-corrected chi connectivity index (χ1v) is 5.25. The zero-order chi connectivity index (χ0) is 11.2. The predicted molar refractivity (Wildman–Crippen MR) is 56.8 cm³/mol. The number of aliphatic hydroxyl groups is 1. The minimum absolute atomic E-state index is 0.171. The molecule has 0 spiro atoms. The zero-order valence-corrected chi connectivity index (χ0v) is 9.34. The van der Waals surface area contributed by atoms with Crippen LogP contribution in [0.25, 0.3) is 0 Å². The molecule has 0 aliphatic heterocycles. The van der Waals surface area contributed by atoms with E-state index in [0.29, 0.717) is 19.3 Å². The molecule has 0 aliphatic carbocycles. The van der Waals surface area contributed by atoms with E-state index in [1.807, 2.05) is 20.8 Å². The number of nitrogens with one attached hydrogen (secondary N) is 1. The highest BCUT2D eigenvalue weighted by Crippen LogP contribution is 2.10. The third kappa shape index (κ3) is 3.64. The first-order chi connectivity index (χ1) is 6.50. The fraction of sp³-hybridized carbons (Fsp3) is 0.900. The van der Waals surface area contributed by atoms with E-state index in [9.17, 15) is 9.90 Å². The van der Waals surface area contributed by atoms with Gasteiger partial charge in [0.2, 0.25) is 5.91 Å². The molecule has 0 aliphatic rings. The molecule has 0 radical (unpaired) electrons. The fourth-order valence-corrected chi connectivity index (χ4v) is 1.10. The van der Waals surface area contributed by atoms with Gasteiger partial charge in [-0.25, -0.2) is 0 Å². The molecular formula is C10H22N2O2. The van der Waals surface area contributed by atoms with E-state index in [4.69, 9.17) is 5.73 Å². The minimum atomic E-state index is -0.784. The lowest BCUT2D eigenvalue weighted by Crippen LogP contribution is -2.54. The molecule has 4 heteroatoms. The van der Waals surface area contributed by atoms with Crippen LogP contribution in [0, 0.1) is 0 Å². The quantitative estimate of drug-likeness (QED) is 0.583. The number of aliphatic hydroxyl groups excluding tert-OH is 1. The fourth-order valence-electron chi connectivity index (χ4n) is 1.10. The maximum absolute atomic E-state index is 11.6. The standard InChI is InChI=1S/C10H22N2O2/c1-4-8(13)7-12-9(14)10(11,5-2)6-3/h8,13H,4-7,11H2,1-3H3,(H,12,14). The molecule has 4 nitrogen and oxygen atoms in total. The Morgan fingerprint density at radius 1 is 1.43 bits per heavy atom. The predicted octanol–water partition coefficient (Wildman–Crippen LogP) is 0.391. The maximum atomic E-state index is 11.6. The van der Waals surface area contributed by atoms with Gasteiger partial charge in [0.1, 0.15) is 0 Å². The topological polar surface area (TPSA) is 75.3 Å². The van der Waals surface area contributed by atoms with Gasteiger partial charge in [-0.3, -0.25) is 4.79 Å². The summed E-state index contributed by atoms with van der Waals surface area (Å²) < 4.78 is 0. The summed E-state index contributed by atoms with van der Waals surface area (Å²) in [6, 6.07) is 0. The number of hydrogen-bond donors (Lipinski definition) is 3. The summed E-state index contributed by atoms with van der Waals surface area (Å²) in [5.41, 5.74) is 5.09. The summed E-state index contributed by atoms with van der Waals surface area (Å²) in [6.45, 7) is 5.93. The van der Waals surface area contributed by atoms with Gasteiger partial charge < -0.3 is 16.2 Å². The van der Waals surface area contributed by atoms with Gasteiger partial charge in [-0.15, -0.1) is 0 Å². The smallest absolute Gasteiger partial charge is 0.240 e.